The van der Waals surface area contributed by atoms with E-state index >= 15 is 9.59 Å². The van der Waals surface area contributed by atoms with Crippen molar-refractivity contribution >= 4 is 57.8 Å². The number of β-lactam (4-membered cyclic amide) rings is 1. The number of aromatic nitrogens is 1. The molecule has 4 heterocycles. The molecule has 1 aromatic heterocycles. The molecule has 0 aliphatic carbocycles. The molecule has 3 aliphatic rings. The summed E-state index contributed by atoms with van der Waals surface area (Å²) >= 11 is 2.62. The highest BCUT2D eigenvalue weighted by molar-refractivity contribution is 8.00. The van der Waals surface area contributed by atoms with Crippen molar-refractivity contribution in [2.75, 3.05) is 37.3 Å². The van der Waals surface area contributed by atoms with Gasteiger partial charge in [-0.2, -0.15) is 0 Å². The third-order valence-corrected chi connectivity index (χ3v) is 18.2. The Morgan fingerprint density at radius 3 is 1.52 bits per heavy atom. The van der Waals surface area contributed by atoms with Crippen molar-refractivity contribution < 1.29 is 33.5 Å². The van der Waals surface area contributed by atoms with Gasteiger partial charge in [0.1, 0.15) is 34.7 Å². The first-order valence-corrected chi connectivity index (χ1v) is 30.0. The average molecular weight is 1150 g/mol. The number of rotatable bonds is 19. The molecule has 3 aliphatic heterocycles. The molecule has 3 atom stereocenters. The predicted molar refractivity (Wildman–Crippen MR) is 327 cm³/mol. The number of thioether (sulfide) groups is 1. The standard InChI is InChI=1S/C69H60N6O7S2/c76-61(71-59-62(77)75-46-67(48-84-63(59)75,47-80-66(79)74-43-25-26-44-74)64(78)81-60(49-27-9-1-10-28-49)50-29-11-2-12-30-50)58(73-82-69(54-37-19-6-20-38-54,55-39-21-7-22-40-55)56-41-23-8-24-42-56)57-45-83-65(70-57)72-68(51-31-13-3-14-32-51,52-33-15-4-16-34-52)53-35-17-5-18-36-53/h1-24,27-42,45,59-60,63H,25-26,43-44,46-48H2,(H,70,72)(H,71,76)/t59?,63-,67?/m1/s1. The number of likely N-dealkylation sites (tertiary alicyclic amines) is 1. The van der Waals surface area contributed by atoms with Gasteiger partial charge in [-0.1, -0.05) is 248 Å². The van der Waals surface area contributed by atoms with Crippen LogP contribution in [0.4, 0.5) is 9.93 Å². The Labute approximate surface area is 496 Å². The Bertz CT molecular complexity index is 3500. The molecule has 3 saturated heterocycles. The topological polar surface area (TPSA) is 152 Å². The van der Waals surface area contributed by atoms with E-state index in [0.717, 1.165) is 57.3 Å². The average Bonchev–Trinajstić information content (AvgIpc) is 3.69. The van der Waals surface area contributed by atoms with Gasteiger partial charge < -0.3 is 34.7 Å². The second kappa shape index (κ2) is 24.6. The summed E-state index contributed by atoms with van der Waals surface area (Å²) in [6, 6.07) is 77.5. The maximum absolute atomic E-state index is 15.5. The van der Waals surface area contributed by atoms with E-state index in [4.69, 9.17) is 24.5 Å². The van der Waals surface area contributed by atoms with Gasteiger partial charge in [0.15, 0.2) is 16.9 Å². The first-order chi connectivity index (χ1) is 41.3. The smallest absolute Gasteiger partial charge is 0.409 e. The van der Waals surface area contributed by atoms with Gasteiger partial charge in [0.05, 0.1) is 0 Å². The molecule has 2 unspecified atom stereocenters. The van der Waals surface area contributed by atoms with Crippen LogP contribution < -0.4 is 10.6 Å². The summed E-state index contributed by atoms with van der Waals surface area (Å²) in [7, 11) is 0. The zero-order chi connectivity index (χ0) is 57.4. The van der Waals surface area contributed by atoms with Crippen LogP contribution in [0.2, 0.25) is 0 Å². The molecule has 3 amide bonds. The van der Waals surface area contributed by atoms with Crippen LogP contribution in [0.15, 0.2) is 253 Å². The number of thiazole rings is 1. The quantitative estimate of drug-likeness (QED) is 0.0263. The molecule has 3 fully saturated rings. The largest absolute Gasteiger partial charge is 0.452 e. The Morgan fingerprint density at radius 2 is 1.06 bits per heavy atom. The minimum atomic E-state index is -1.46. The Hall–Kier alpha value is -9.31. The van der Waals surface area contributed by atoms with Gasteiger partial charge in [-0.05, 0) is 40.7 Å². The van der Waals surface area contributed by atoms with Gasteiger partial charge in [-0.25, -0.2) is 9.78 Å². The molecule has 0 saturated carbocycles. The van der Waals surface area contributed by atoms with Crippen molar-refractivity contribution in [1.29, 1.82) is 0 Å². The number of hydrogen-bond donors (Lipinski definition) is 2. The van der Waals surface area contributed by atoms with Crippen molar-refractivity contribution in [1.82, 2.24) is 20.1 Å². The van der Waals surface area contributed by atoms with Crippen LogP contribution in [0.25, 0.3) is 0 Å². The minimum Gasteiger partial charge on any atom is -0.452 e. The fourth-order valence-corrected chi connectivity index (χ4v) is 13.8. The van der Waals surface area contributed by atoms with Crippen LogP contribution in [-0.2, 0) is 39.8 Å². The summed E-state index contributed by atoms with van der Waals surface area (Å²) in [6.45, 7) is 0.668. The van der Waals surface area contributed by atoms with E-state index < -0.39 is 58.0 Å². The zero-order valence-electron chi connectivity index (χ0n) is 45.8. The number of ether oxygens (including phenoxy) is 2. The molecule has 8 aromatic carbocycles. The van der Waals surface area contributed by atoms with Gasteiger partial charge >= 0.3 is 12.1 Å². The highest BCUT2D eigenvalue weighted by atomic mass is 32.2. The maximum atomic E-state index is 15.5. The monoisotopic (exact) mass is 1150 g/mol. The van der Waals surface area contributed by atoms with Gasteiger partial charge in [0, 0.05) is 47.5 Å². The van der Waals surface area contributed by atoms with Crippen LogP contribution in [0.3, 0.4) is 0 Å². The molecule has 9 aromatic rings. The molecule has 420 valence electrons. The second-order valence-electron chi connectivity index (χ2n) is 21.1. The molecule has 0 bridgehead atoms. The van der Waals surface area contributed by atoms with E-state index in [1.54, 1.807) is 15.2 Å². The first-order valence-electron chi connectivity index (χ1n) is 28.0. The lowest BCUT2D eigenvalue weighted by molar-refractivity contribution is -0.168. The summed E-state index contributed by atoms with van der Waals surface area (Å²) in [5, 5.41) is 13.4. The van der Waals surface area contributed by atoms with E-state index in [-0.39, 0.29) is 30.3 Å². The number of benzene rings is 8. The van der Waals surface area contributed by atoms with Crippen molar-refractivity contribution in [2.24, 2.45) is 10.6 Å². The maximum Gasteiger partial charge on any atom is 0.409 e. The van der Waals surface area contributed by atoms with E-state index in [2.05, 4.69) is 47.0 Å². The van der Waals surface area contributed by atoms with Crippen LogP contribution in [0.5, 0.6) is 0 Å². The van der Waals surface area contributed by atoms with E-state index in [0.29, 0.717) is 18.2 Å². The summed E-state index contributed by atoms with van der Waals surface area (Å²) in [5.41, 5.74) is 2.86. The van der Waals surface area contributed by atoms with E-state index in [1.165, 1.54) is 23.1 Å². The molecular weight excluding hydrogens is 1090 g/mol. The van der Waals surface area contributed by atoms with Gasteiger partial charge in [-0.15, -0.1) is 23.1 Å². The van der Waals surface area contributed by atoms with Crippen LogP contribution in [0, 0.1) is 5.41 Å². The second-order valence-corrected chi connectivity index (χ2v) is 23.0. The SMILES string of the molecule is O=C(NC1C(=O)N2CC(COC(=O)N3CCCC3)(C(=O)OC(c3ccccc3)c3ccccc3)CS[C@H]12)C(=NOC(c1ccccc1)(c1ccccc1)c1ccccc1)c1csc(NC(c2ccccc2)(c2ccccc2)c2ccccc2)n1. The number of anilines is 1. The summed E-state index contributed by atoms with van der Waals surface area (Å²) in [4.78, 5) is 74.2. The summed E-state index contributed by atoms with van der Waals surface area (Å²) < 4.78 is 12.5. The number of hydrogen-bond acceptors (Lipinski definition) is 12. The van der Waals surface area contributed by atoms with Crippen LogP contribution >= 0.6 is 23.1 Å². The van der Waals surface area contributed by atoms with Crippen molar-refractivity contribution in [3.8, 4) is 0 Å². The highest BCUT2D eigenvalue weighted by Crippen LogP contribution is 2.46. The molecule has 15 heteroatoms. The third-order valence-electron chi connectivity index (χ3n) is 15.8. The number of oxime groups is 1. The highest BCUT2D eigenvalue weighted by Gasteiger charge is 2.59. The number of carbonyl (C=O) groups is 4. The lowest BCUT2D eigenvalue weighted by Crippen LogP contribution is -2.74. The predicted octanol–water partition coefficient (Wildman–Crippen LogP) is 12.2. The van der Waals surface area contributed by atoms with E-state index in [1.807, 2.05) is 206 Å². The molecule has 0 radical (unpaired) electrons. The van der Waals surface area contributed by atoms with Crippen molar-refractivity contribution in [3.63, 3.8) is 0 Å². The van der Waals surface area contributed by atoms with Crippen LogP contribution in [-0.4, -0.2) is 87.8 Å². The van der Waals surface area contributed by atoms with Crippen molar-refractivity contribution in [2.45, 2.75) is 41.5 Å². The molecular formula is C69H60N6O7S2. The number of fused-ring (bicyclic) bond motifs is 1. The number of carbonyl (C=O) groups excluding carboxylic acids is 4. The molecule has 0 spiro atoms. The van der Waals surface area contributed by atoms with Gasteiger partial charge in [0.2, 0.25) is 11.5 Å². The lowest BCUT2D eigenvalue weighted by atomic mass is 9.77. The zero-order valence-corrected chi connectivity index (χ0v) is 47.4. The van der Waals surface area contributed by atoms with Crippen LogP contribution in [0.1, 0.15) is 69.1 Å². The summed E-state index contributed by atoms with van der Waals surface area (Å²) in [5.74, 6) is -1.65. The lowest BCUT2D eigenvalue weighted by Gasteiger charge is -2.53. The normalized spacial score (nSPS) is 17.8. The Morgan fingerprint density at radius 1 is 0.619 bits per heavy atom. The number of esters is 1. The molecule has 2 N–H and O–H groups in total. The Kier molecular flexibility index (Phi) is 16.2. The first kappa shape index (κ1) is 55.2. The van der Waals surface area contributed by atoms with Gasteiger partial charge in [-0.3, -0.25) is 14.4 Å². The summed E-state index contributed by atoms with van der Waals surface area (Å²) in [6.07, 6.45) is 0.404. The number of nitrogens with zero attached hydrogens (tertiary/aromatic N) is 4. The van der Waals surface area contributed by atoms with Crippen molar-refractivity contribution in [3.05, 3.63) is 298 Å². The molecule has 12 rings (SSSR count). The fraction of sp³-hybridized carbons (Fsp3) is 0.188. The fourth-order valence-electron chi connectivity index (χ4n) is 11.5. The third kappa shape index (κ3) is 11.0. The van der Waals surface area contributed by atoms with E-state index in [9.17, 15) is 9.59 Å². The number of nitrogens with one attached hydrogen (secondary N) is 2. The minimum absolute atomic E-state index is 0.112. The molecule has 84 heavy (non-hydrogen) atoms. The Balaban J connectivity index is 0.898. The number of amides is 3. The molecule has 13 nitrogen and oxygen atoms in total. The van der Waals surface area contributed by atoms with Gasteiger partial charge in [0.25, 0.3) is 5.91 Å².